The summed E-state index contributed by atoms with van der Waals surface area (Å²) < 4.78 is 12.2. The topological polar surface area (TPSA) is 51.5 Å². The van der Waals surface area contributed by atoms with Crippen molar-refractivity contribution in [3.63, 3.8) is 0 Å². The number of hydrogen-bond donors (Lipinski definition) is 1. The van der Waals surface area contributed by atoms with Crippen LogP contribution in [0.3, 0.4) is 0 Å². The van der Waals surface area contributed by atoms with Gasteiger partial charge in [-0.3, -0.25) is 4.79 Å². The van der Waals surface area contributed by atoms with Crippen molar-refractivity contribution in [3.05, 3.63) is 62.8 Å². The molecule has 1 aliphatic carbocycles. The van der Waals surface area contributed by atoms with E-state index in [-0.39, 0.29) is 5.91 Å². The molecule has 0 aliphatic heterocycles. The molecule has 0 atom stereocenters. The van der Waals surface area contributed by atoms with Gasteiger partial charge in [-0.05, 0) is 63.8 Å². The number of amides is 1. The molecule has 0 unspecified atom stereocenters. The highest BCUT2D eigenvalue weighted by atomic mass is 35.5. The number of nitrogens with one attached hydrogen (secondary N) is 1. The molecule has 0 saturated carbocycles. The summed E-state index contributed by atoms with van der Waals surface area (Å²) in [5.74, 6) is 1.55. The lowest BCUT2D eigenvalue weighted by atomic mass is 9.93. The average Bonchev–Trinajstić information content (AvgIpc) is 3.12. The fourth-order valence-electron chi connectivity index (χ4n) is 4.20. The van der Waals surface area contributed by atoms with Gasteiger partial charge >= 0.3 is 0 Å². The Labute approximate surface area is 192 Å². The number of allylic oxidation sites excluding steroid dienone is 1. The van der Waals surface area contributed by atoms with Crippen LogP contribution >= 0.6 is 23.2 Å². The number of ether oxygens (including phenoxy) is 1. The molecule has 4 nitrogen and oxygen atoms in total. The molecular formula is C25H25Cl2NO3. The van der Waals surface area contributed by atoms with Crippen LogP contribution in [0, 0.1) is 6.92 Å². The summed E-state index contributed by atoms with van der Waals surface area (Å²) in [7, 11) is 0. The first-order valence-electron chi connectivity index (χ1n) is 10.5. The van der Waals surface area contributed by atoms with E-state index in [0.29, 0.717) is 22.3 Å². The van der Waals surface area contributed by atoms with Crippen molar-refractivity contribution < 1.29 is 13.9 Å². The van der Waals surface area contributed by atoms with E-state index in [9.17, 15) is 4.79 Å². The number of hydrogen-bond acceptors (Lipinski definition) is 3. The van der Waals surface area contributed by atoms with Crippen LogP contribution in [0.1, 0.15) is 49.1 Å². The number of benzene rings is 2. The first-order chi connectivity index (χ1) is 14.9. The van der Waals surface area contributed by atoms with Gasteiger partial charge in [-0.15, -0.1) is 0 Å². The molecule has 0 radical (unpaired) electrons. The summed E-state index contributed by atoms with van der Waals surface area (Å²) in [6.07, 6.45) is 5.88. The van der Waals surface area contributed by atoms with Crippen LogP contribution in [0.4, 0.5) is 5.69 Å². The predicted octanol–water partition coefficient (Wildman–Crippen LogP) is 7.37. The molecule has 0 saturated heterocycles. The zero-order chi connectivity index (χ0) is 22.1. The van der Waals surface area contributed by atoms with Gasteiger partial charge in [0.2, 0.25) is 5.91 Å². The molecule has 31 heavy (non-hydrogen) atoms. The highest BCUT2D eigenvalue weighted by Crippen LogP contribution is 2.41. The first kappa shape index (κ1) is 21.8. The van der Waals surface area contributed by atoms with Crippen molar-refractivity contribution in [2.24, 2.45) is 0 Å². The van der Waals surface area contributed by atoms with Gasteiger partial charge in [0.1, 0.15) is 17.1 Å². The van der Waals surface area contributed by atoms with Crippen molar-refractivity contribution in [2.75, 3.05) is 11.9 Å². The third-order valence-corrected chi connectivity index (χ3v) is 6.52. The molecule has 3 aromatic rings. The lowest BCUT2D eigenvalue weighted by molar-refractivity contribution is -0.111. The maximum atomic E-state index is 12.7. The monoisotopic (exact) mass is 457 g/mol. The third kappa shape index (κ3) is 4.19. The number of halogens is 2. The van der Waals surface area contributed by atoms with Crippen LogP contribution in [0.2, 0.25) is 10.0 Å². The van der Waals surface area contributed by atoms with Gasteiger partial charge in [0.25, 0.3) is 0 Å². The second kappa shape index (κ2) is 8.97. The summed E-state index contributed by atoms with van der Waals surface area (Å²) in [4.78, 5) is 12.7. The van der Waals surface area contributed by atoms with Crippen LogP contribution in [-0.4, -0.2) is 12.5 Å². The lowest BCUT2D eigenvalue weighted by Gasteiger charge is -2.15. The first-order valence-corrected chi connectivity index (χ1v) is 11.3. The van der Waals surface area contributed by atoms with Gasteiger partial charge in [-0.2, -0.15) is 0 Å². The summed E-state index contributed by atoms with van der Waals surface area (Å²) in [6, 6.07) is 7.24. The smallest absolute Gasteiger partial charge is 0.248 e. The Hall–Kier alpha value is -2.43. The highest BCUT2D eigenvalue weighted by molar-refractivity contribution is 6.44. The number of carbonyl (C=O) groups is 1. The van der Waals surface area contributed by atoms with Crippen molar-refractivity contribution >= 4 is 51.3 Å². The number of aryl methyl sites for hydroxylation is 3. The number of fused-ring (bicyclic) bond motifs is 3. The fraction of sp³-hybridized carbons (Fsp3) is 0.320. The zero-order valence-corrected chi connectivity index (χ0v) is 19.4. The third-order valence-electron chi connectivity index (χ3n) is 5.70. The van der Waals surface area contributed by atoms with Crippen molar-refractivity contribution in [3.8, 4) is 5.75 Å². The van der Waals surface area contributed by atoms with E-state index in [1.165, 1.54) is 12.0 Å². The highest BCUT2D eigenvalue weighted by Gasteiger charge is 2.23. The molecular weight excluding hydrogens is 433 g/mol. The second-order valence-electron chi connectivity index (χ2n) is 7.82. The van der Waals surface area contributed by atoms with Gasteiger partial charge in [0, 0.05) is 34.6 Å². The van der Waals surface area contributed by atoms with Gasteiger partial charge < -0.3 is 14.5 Å². The number of carbonyl (C=O) groups excluding carboxylic acids is 1. The number of rotatable bonds is 5. The zero-order valence-electron chi connectivity index (χ0n) is 17.9. The van der Waals surface area contributed by atoms with Gasteiger partial charge in [0.15, 0.2) is 0 Å². The quantitative estimate of drug-likeness (QED) is 0.406. The molecule has 6 heteroatoms. The van der Waals surface area contributed by atoms with Crippen LogP contribution in [0.15, 0.2) is 34.8 Å². The van der Waals surface area contributed by atoms with Crippen LogP contribution in [0.25, 0.3) is 16.5 Å². The number of furan rings is 1. The van der Waals surface area contributed by atoms with E-state index in [1.807, 2.05) is 20.8 Å². The predicted molar refractivity (Wildman–Crippen MR) is 128 cm³/mol. The van der Waals surface area contributed by atoms with Crippen LogP contribution in [0.5, 0.6) is 5.75 Å². The average molecular weight is 458 g/mol. The largest absolute Gasteiger partial charge is 0.493 e. The summed E-state index contributed by atoms with van der Waals surface area (Å²) in [5.41, 5.74) is 5.32. The van der Waals surface area contributed by atoms with E-state index < -0.39 is 0 Å². The molecule has 0 spiro atoms. The Morgan fingerprint density at radius 2 is 2.03 bits per heavy atom. The number of anilines is 1. The molecule has 1 heterocycles. The van der Waals surface area contributed by atoms with Gasteiger partial charge in [0.05, 0.1) is 22.3 Å². The summed E-state index contributed by atoms with van der Waals surface area (Å²) in [5, 5.41) is 4.64. The molecule has 0 fully saturated rings. The normalized spacial score (nSPS) is 13.9. The Balaban J connectivity index is 1.75. The Kier molecular flexibility index (Phi) is 6.31. The minimum absolute atomic E-state index is 0.281. The van der Waals surface area contributed by atoms with Gasteiger partial charge in [-0.1, -0.05) is 29.3 Å². The van der Waals surface area contributed by atoms with Crippen molar-refractivity contribution in [2.45, 2.75) is 46.5 Å². The van der Waals surface area contributed by atoms with Crippen LogP contribution < -0.4 is 10.1 Å². The molecule has 2 aromatic carbocycles. The summed E-state index contributed by atoms with van der Waals surface area (Å²) in [6.45, 7) is 6.41. The van der Waals surface area contributed by atoms with E-state index in [2.05, 4.69) is 11.4 Å². The molecule has 4 rings (SSSR count). The van der Waals surface area contributed by atoms with E-state index in [1.54, 1.807) is 24.3 Å². The van der Waals surface area contributed by atoms with Crippen molar-refractivity contribution in [1.29, 1.82) is 0 Å². The van der Waals surface area contributed by atoms with Crippen molar-refractivity contribution in [1.82, 2.24) is 0 Å². The summed E-state index contributed by atoms with van der Waals surface area (Å²) >= 11 is 12.3. The SMILES string of the molecule is CCOc1c(/C(C)=C/C(=O)Nc2cccc(Cl)c2Cl)cc2c3c(oc2c1C)CCCC3. The maximum absolute atomic E-state index is 12.7. The minimum atomic E-state index is -0.281. The lowest BCUT2D eigenvalue weighted by Crippen LogP contribution is -2.09. The Morgan fingerprint density at radius 1 is 1.26 bits per heavy atom. The van der Waals surface area contributed by atoms with E-state index in [0.717, 1.165) is 58.4 Å². The fourth-order valence-corrected chi connectivity index (χ4v) is 4.55. The Bertz CT molecular complexity index is 1190. The molecule has 162 valence electrons. The molecule has 1 aliphatic rings. The molecule has 1 aromatic heterocycles. The molecule has 0 bridgehead atoms. The van der Waals surface area contributed by atoms with Gasteiger partial charge in [-0.25, -0.2) is 0 Å². The maximum Gasteiger partial charge on any atom is 0.248 e. The van der Waals surface area contributed by atoms with E-state index >= 15 is 0 Å². The molecule has 1 N–H and O–H groups in total. The molecule has 1 amide bonds. The minimum Gasteiger partial charge on any atom is -0.493 e. The van der Waals surface area contributed by atoms with E-state index in [4.69, 9.17) is 32.4 Å². The standard InChI is InChI=1S/C25H25Cl2NO3/c1-4-30-24-15(3)25-18(16-8-5-6-11-21(16)31-25)13-17(24)14(2)12-22(29)28-20-10-7-9-19(26)23(20)27/h7,9-10,12-13H,4-6,8,11H2,1-3H3,(H,28,29)/b14-12+. The van der Waals surface area contributed by atoms with Crippen LogP contribution in [-0.2, 0) is 17.6 Å². The Morgan fingerprint density at radius 3 is 2.81 bits per heavy atom. The second-order valence-corrected chi connectivity index (χ2v) is 8.60.